The highest BCUT2D eigenvalue weighted by molar-refractivity contribution is 5.94. The molecule has 5 rings (SSSR count). The van der Waals surface area contributed by atoms with E-state index in [1.54, 1.807) is 0 Å². The molecule has 2 aromatic heterocycles. The molecule has 1 fully saturated rings. The van der Waals surface area contributed by atoms with Gasteiger partial charge in [0, 0.05) is 16.5 Å². The van der Waals surface area contributed by atoms with Crippen LogP contribution in [0, 0.1) is 5.41 Å². The molecule has 0 aliphatic carbocycles. The van der Waals surface area contributed by atoms with Crippen molar-refractivity contribution in [1.29, 1.82) is 0 Å². The first-order chi connectivity index (χ1) is 13.2. The quantitative estimate of drug-likeness (QED) is 0.581. The van der Waals surface area contributed by atoms with Crippen LogP contribution in [0.25, 0.3) is 33.6 Å². The van der Waals surface area contributed by atoms with E-state index in [9.17, 15) is 0 Å². The Kier molecular flexibility index (Phi) is 3.64. The number of nitrogens with one attached hydrogen (secondary N) is 1. The minimum absolute atomic E-state index is 0.0917. The summed E-state index contributed by atoms with van der Waals surface area (Å²) < 4.78 is 16.9. The van der Waals surface area contributed by atoms with Gasteiger partial charge in [0.05, 0.1) is 25.2 Å². The van der Waals surface area contributed by atoms with Gasteiger partial charge >= 0.3 is 0 Å². The minimum Gasteiger partial charge on any atom is -0.493 e. The maximum Gasteiger partial charge on any atom is 0.204 e. The second kappa shape index (κ2) is 6.17. The Morgan fingerprint density at radius 3 is 2.85 bits per heavy atom. The van der Waals surface area contributed by atoms with Gasteiger partial charge < -0.3 is 14.0 Å². The van der Waals surface area contributed by atoms with Crippen LogP contribution >= 0.6 is 0 Å². The Balaban J connectivity index is 1.48. The second-order valence-corrected chi connectivity index (χ2v) is 7.10. The van der Waals surface area contributed by atoms with Crippen molar-refractivity contribution in [2.45, 2.75) is 6.92 Å². The zero-order valence-electron chi connectivity index (χ0n) is 14.7. The zero-order chi connectivity index (χ0) is 18.3. The summed E-state index contributed by atoms with van der Waals surface area (Å²) in [4.78, 5) is 0. The molecule has 2 aromatic carbocycles. The van der Waals surface area contributed by atoms with Crippen LogP contribution in [0.4, 0.5) is 0 Å². The predicted octanol–water partition coefficient (Wildman–Crippen LogP) is 3.09. The summed E-state index contributed by atoms with van der Waals surface area (Å²) in [5, 5.41) is 19.2. The smallest absolute Gasteiger partial charge is 0.204 e. The molecular weight excluding hydrogens is 346 g/mol. The summed E-state index contributed by atoms with van der Waals surface area (Å²) in [7, 11) is 0. The highest BCUT2D eigenvalue weighted by atomic mass is 16.5. The van der Waals surface area contributed by atoms with Crippen LogP contribution in [0.1, 0.15) is 6.92 Å². The second-order valence-electron chi connectivity index (χ2n) is 7.10. The monoisotopic (exact) mass is 363 g/mol. The molecular formula is C19H17N5O3. The molecule has 8 nitrogen and oxygen atoms in total. The summed E-state index contributed by atoms with van der Waals surface area (Å²) in [6.07, 6.45) is 0. The van der Waals surface area contributed by atoms with Crippen LogP contribution < -0.4 is 4.74 Å². The molecule has 27 heavy (non-hydrogen) atoms. The number of tetrazole rings is 1. The van der Waals surface area contributed by atoms with Crippen molar-refractivity contribution in [3.8, 4) is 28.5 Å². The van der Waals surface area contributed by atoms with Gasteiger partial charge in [-0.1, -0.05) is 24.2 Å². The van der Waals surface area contributed by atoms with E-state index in [4.69, 9.17) is 14.0 Å². The number of aromatic nitrogens is 5. The molecule has 0 bridgehead atoms. The number of nitrogens with zero attached hydrogens (tertiary/aromatic N) is 4. The maximum absolute atomic E-state index is 5.97. The van der Waals surface area contributed by atoms with Crippen LogP contribution in [0.15, 0.2) is 47.0 Å². The van der Waals surface area contributed by atoms with E-state index in [2.05, 4.69) is 32.7 Å². The third-order valence-electron chi connectivity index (χ3n) is 4.66. The summed E-state index contributed by atoms with van der Waals surface area (Å²) in [5.74, 6) is 2.00. The molecule has 1 aliphatic heterocycles. The van der Waals surface area contributed by atoms with Crippen molar-refractivity contribution in [1.82, 2.24) is 25.8 Å². The number of fused-ring (bicyclic) bond motifs is 1. The number of hydrogen-bond donors (Lipinski definition) is 1. The van der Waals surface area contributed by atoms with E-state index in [1.165, 1.54) is 0 Å². The fraction of sp³-hybridized carbons (Fsp3) is 0.263. The van der Waals surface area contributed by atoms with E-state index in [0.29, 0.717) is 18.2 Å². The molecule has 1 aliphatic rings. The zero-order valence-corrected chi connectivity index (χ0v) is 14.7. The van der Waals surface area contributed by atoms with Crippen molar-refractivity contribution in [3.63, 3.8) is 0 Å². The highest BCUT2D eigenvalue weighted by Gasteiger charge is 2.34. The Bertz CT molecular complexity index is 1090. The minimum atomic E-state index is 0.0917. The lowest BCUT2D eigenvalue weighted by atomic mass is 9.90. The van der Waals surface area contributed by atoms with Crippen LogP contribution in [0.3, 0.4) is 0 Å². The average Bonchev–Trinajstić information content (AvgIpc) is 3.34. The topological polar surface area (TPSA) is 99.0 Å². The SMILES string of the molecule is CC1(COc2cccc(-c3onc4ccc(-c5nn[nH]n5)cc34)c2)COC1. The summed E-state index contributed by atoms with van der Waals surface area (Å²) in [6, 6.07) is 13.5. The maximum atomic E-state index is 5.97. The number of benzene rings is 2. The predicted molar refractivity (Wildman–Crippen MR) is 97.0 cm³/mol. The van der Waals surface area contributed by atoms with Gasteiger partial charge in [-0.2, -0.15) is 5.21 Å². The van der Waals surface area contributed by atoms with Crippen LogP contribution in [0.5, 0.6) is 5.75 Å². The van der Waals surface area contributed by atoms with Gasteiger partial charge in [-0.15, -0.1) is 10.2 Å². The van der Waals surface area contributed by atoms with E-state index < -0.39 is 0 Å². The van der Waals surface area contributed by atoms with Gasteiger partial charge in [-0.3, -0.25) is 0 Å². The van der Waals surface area contributed by atoms with Gasteiger partial charge in [0.15, 0.2) is 5.76 Å². The van der Waals surface area contributed by atoms with Crippen LogP contribution in [0.2, 0.25) is 0 Å². The van der Waals surface area contributed by atoms with Gasteiger partial charge in [0.25, 0.3) is 0 Å². The van der Waals surface area contributed by atoms with Gasteiger partial charge in [0.1, 0.15) is 11.3 Å². The normalized spacial score (nSPS) is 15.6. The summed E-state index contributed by atoms with van der Waals surface area (Å²) >= 11 is 0. The Morgan fingerprint density at radius 1 is 1.15 bits per heavy atom. The largest absolute Gasteiger partial charge is 0.493 e. The van der Waals surface area contributed by atoms with E-state index >= 15 is 0 Å². The third kappa shape index (κ3) is 2.93. The number of rotatable bonds is 5. The molecule has 0 atom stereocenters. The summed E-state index contributed by atoms with van der Waals surface area (Å²) in [5.41, 5.74) is 2.60. The molecule has 1 saturated heterocycles. The van der Waals surface area contributed by atoms with Crippen molar-refractivity contribution in [3.05, 3.63) is 42.5 Å². The van der Waals surface area contributed by atoms with E-state index in [1.807, 2.05) is 42.5 Å². The van der Waals surface area contributed by atoms with Gasteiger partial charge in [-0.25, -0.2) is 0 Å². The molecule has 4 aromatic rings. The fourth-order valence-corrected chi connectivity index (χ4v) is 3.09. The van der Waals surface area contributed by atoms with Crippen LogP contribution in [-0.2, 0) is 4.74 Å². The molecule has 0 spiro atoms. The number of ether oxygens (including phenoxy) is 2. The van der Waals surface area contributed by atoms with Crippen molar-refractivity contribution >= 4 is 10.9 Å². The van der Waals surface area contributed by atoms with E-state index in [0.717, 1.165) is 41.0 Å². The van der Waals surface area contributed by atoms with Crippen molar-refractivity contribution in [2.75, 3.05) is 19.8 Å². The first kappa shape index (κ1) is 16.0. The van der Waals surface area contributed by atoms with E-state index in [-0.39, 0.29) is 5.41 Å². The van der Waals surface area contributed by atoms with Crippen molar-refractivity contribution < 1.29 is 14.0 Å². The first-order valence-corrected chi connectivity index (χ1v) is 8.64. The molecule has 0 unspecified atom stereocenters. The lowest BCUT2D eigenvalue weighted by molar-refractivity contribution is -0.120. The Morgan fingerprint density at radius 2 is 2.07 bits per heavy atom. The number of H-pyrrole nitrogens is 1. The highest BCUT2D eigenvalue weighted by Crippen LogP contribution is 2.33. The molecule has 3 heterocycles. The first-order valence-electron chi connectivity index (χ1n) is 8.64. The van der Waals surface area contributed by atoms with Gasteiger partial charge in [-0.05, 0) is 35.5 Å². The molecule has 0 saturated carbocycles. The average molecular weight is 363 g/mol. The molecule has 0 radical (unpaired) electrons. The Labute approximate surface area is 154 Å². The molecule has 1 N–H and O–H groups in total. The molecule has 8 heteroatoms. The standard InChI is InChI=1S/C19H17N5O3/c1-19(9-25-10-19)11-26-14-4-2-3-12(7-14)17-15-8-13(18-20-23-24-21-18)5-6-16(15)22-27-17/h2-8H,9-11H2,1H3,(H,20,21,23,24). The lowest BCUT2D eigenvalue weighted by Crippen LogP contribution is -2.44. The van der Waals surface area contributed by atoms with Gasteiger partial charge in [0.2, 0.25) is 5.82 Å². The Hall–Kier alpha value is -3.26. The fourth-order valence-electron chi connectivity index (χ4n) is 3.09. The lowest BCUT2D eigenvalue weighted by Gasteiger charge is -2.37. The van der Waals surface area contributed by atoms with Crippen molar-refractivity contribution in [2.24, 2.45) is 5.41 Å². The summed E-state index contributed by atoms with van der Waals surface area (Å²) in [6.45, 7) is 4.25. The molecule has 0 amide bonds. The number of hydrogen-bond acceptors (Lipinski definition) is 7. The van der Waals surface area contributed by atoms with Crippen LogP contribution in [-0.4, -0.2) is 45.6 Å². The number of aromatic amines is 1. The molecule has 136 valence electrons. The third-order valence-corrected chi connectivity index (χ3v) is 4.66.